The molecule has 3 aromatic rings. The van der Waals surface area contributed by atoms with Crippen LogP contribution in [0.15, 0.2) is 36.8 Å². The zero-order chi connectivity index (χ0) is 17.4. The number of aromatic nitrogens is 4. The second kappa shape index (κ2) is 6.11. The Morgan fingerprint density at radius 3 is 3.00 bits per heavy atom. The first-order valence-corrected chi connectivity index (χ1v) is 7.75. The van der Waals surface area contributed by atoms with Gasteiger partial charge in [0.25, 0.3) is 5.91 Å². The summed E-state index contributed by atoms with van der Waals surface area (Å²) in [7, 11) is 0. The molecule has 1 amide bonds. The minimum absolute atomic E-state index is 0.240. The van der Waals surface area contributed by atoms with Crippen molar-refractivity contribution < 1.29 is 14.6 Å². The predicted molar refractivity (Wildman–Crippen MR) is 89.0 cm³/mol. The highest BCUT2D eigenvalue weighted by Gasteiger charge is 2.27. The number of rotatable bonds is 4. The minimum atomic E-state index is -0.658. The molecule has 2 atom stereocenters. The molecule has 0 aliphatic carbocycles. The maximum Gasteiger partial charge on any atom is 0.252 e. The lowest BCUT2D eigenvalue weighted by Crippen LogP contribution is -2.32. The van der Waals surface area contributed by atoms with Gasteiger partial charge in [0.05, 0.1) is 48.5 Å². The van der Waals surface area contributed by atoms with E-state index in [1.807, 2.05) is 6.07 Å². The van der Waals surface area contributed by atoms with Gasteiger partial charge >= 0.3 is 0 Å². The van der Waals surface area contributed by atoms with E-state index in [2.05, 4.69) is 20.4 Å². The number of imidazole rings is 1. The van der Waals surface area contributed by atoms with E-state index in [1.165, 1.54) is 6.20 Å². The van der Waals surface area contributed by atoms with Crippen LogP contribution >= 0.6 is 0 Å². The summed E-state index contributed by atoms with van der Waals surface area (Å²) in [6.45, 7) is 0.590. The monoisotopic (exact) mass is 340 g/mol. The molecule has 1 aliphatic heterocycles. The lowest BCUT2D eigenvalue weighted by Gasteiger charge is -2.18. The number of nitrogens with zero attached hydrogens (tertiary/aromatic N) is 4. The number of ether oxygens (including phenoxy) is 1. The highest BCUT2D eigenvalue weighted by Crippen LogP contribution is 2.25. The number of carbonyl (C=O) groups excluding carboxylic acids is 1. The van der Waals surface area contributed by atoms with Gasteiger partial charge in [-0.2, -0.15) is 5.10 Å². The van der Waals surface area contributed by atoms with Gasteiger partial charge < -0.3 is 20.9 Å². The van der Waals surface area contributed by atoms with Crippen molar-refractivity contribution in [3.63, 3.8) is 0 Å². The number of nitrogens with one attached hydrogen (secondary N) is 1. The first kappa shape index (κ1) is 15.5. The molecule has 1 fully saturated rings. The number of pyridine rings is 1. The molecular weight excluding hydrogens is 324 g/mol. The van der Waals surface area contributed by atoms with Gasteiger partial charge in [0.2, 0.25) is 0 Å². The van der Waals surface area contributed by atoms with Crippen LogP contribution in [0, 0.1) is 0 Å². The Morgan fingerprint density at radius 2 is 2.24 bits per heavy atom. The lowest BCUT2D eigenvalue weighted by molar-refractivity contribution is 0.100. The first-order chi connectivity index (χ1) is 12.1. The van der Waals surface area contributed by atoms with Crippen LogP contribution in [0.25, 0.3) is 17.0 Å². The van der Waals surface area contributed by atoms with E-state index in [4.69, 9.17) is 10.5 Å². The van der Waals surface area contributed by atoms with Gasteiger partial charge in [-0.3, -0.25) is 9.78 Å². The average Bonchev–Trinajstić information content (AvgIpc) is 3.21. The predicted octanol–water partition coefficient (Wildman–Crippen LogP) is 0.0618. The maximum atomic E-state index is 11.7. The van der Waals surface area contributed by atoms with Gasteiger partial charge in [0.1, 0.15) is 5.69 Å². The van der Waals surface area contributed by atoms with Gasteiger partial charge in [-0.1, -0.05) is 0 Å². The molecule has 0 spiro atoms. The third kappa shape index (κ3) is 2.79. The minimum Gasteiger partial charge on any atom is -0.388 e. The summed E-state index contributed by atoms with van der Waals surface area (Å²) >= 11 is 0. The molecule has 128 valence electrons. The number of primary amides is 1. The number of anilines is 1. The quantitative estimate of drug-likeness (QED) is 0.613. The number of amides is 1. The van der Waals surface area contributed by atoms with Gasteiger partial charge in [-0.15, -0.1) is 0 Å². The lowest BCUT2D eigenvalue weighted by atomic mass is 10.1. The molecule has 0 saturated carbocycles. The number of carbonyl (C=O) groups is 1. The number of hydrogen-bond acceptors (Lipinski definition) is 7. The van der Waals surface area contributed by atoms with Crippen LogP contribution in [0.4, 0.5) is 5.69 Å². The van der Waals surface area contributed by atoms with Crippen LogP contribution in [0.3, 0.4) is 0 Å². The fourth-order valence-electron chi connectivity index (χ4n) is 2.80. The van der Waals surface area contributed by atoms with Crippen LogP contribution in [0.2, 0.25) is 0 Å². The number of aliphatic hydroxyl groups is 1. The smallest absolute Gasteiger partial charge is 0.252 e. The highest BCUT2D eigenvalue weighted by molar-refractivity contribution is 5.98. The third-order valence-electron chi connectivity index (χ3n) is 4.10. The largest absolute Gasteiger partial charge is 0.388 e. The Balaban J connectivity index is 1.77. The Morgan fingerprint density at radius 1 is 1.36 bits per heavy atom. The summed E-state index contributed by atoms with van der Waals surface area (Å²) in [5, 5.41) is 17.3. The number of nitrogens with two attached hydrogens (primary N) is 1. The van der Waals surface area contributed by atoms with Crippen molar-refractivity contribution in [3.05, 3.63) is 42.4 Å². The second-order valence-corrected chi connectivity index (χ2v) is 5.77. The van der Waals surface area contributed by atoms with Crippen molar-refractivity contribution in [2.75, 3.05) is 18.5 Å². The highest BCUT2D eigenvalue weighted by atomic mass is 16.5. The van der Waals surface area contributed by atoms with E-state index in [1.54, 1.807) is 29.0 Å². The average molecular weight is 340 g/mol. The van der Waals surface area contributed by atoms with Gasteiger partial charge in [0.15, 0.2) is 5.65 Å². The topological polar surface area (TPSA) is 128 Å². The Kier molecular flexibility index (Phi) is 3.79. The molecule has 4 heterocycles. The second-order valence-electron chi connectivity index (χ2n) is 5.77. The molecule has 4 N–H and O–H groups in total. The van der Waals surface area contributed by atoms with E-state index < -0.39 is 12.0 Å². The third-order valence-corrected chi connectivity index (χ3v) is 4.10. The number of hydrogen-bond donors (Lipinski definition) is 3. The maximum absolute atomic E-state index is 11.7. The van der Waals surface area contributed by atoms with Gasteiger partial charge in [-0.25, -0.2) is 9.50 Å². The first-order valence-electron chi connectivity index (χ1n) is 7.75. The van der Waals surface area contributed by atoms with Crippen molar-refractivity contribution in [2.24, 2.45) is 5.73 Å². The fraction of sp³-hybridized carbons (Fsp3) is 0.250. The Bertz CT molecular complexity index is 941. The van der Waals surface area contributed by atoms with E-state index >= 15 is 0 Å². The van der Waals surface area contributed by atoms with Gasteiger partial charge in [-0.05, 0) is 18.2 Å². The number of aliphatic hydroxyl groups excluding tert-OH is 1. The fourth-order valence-corrected chi connectivity index (χ4v) is 2.80. The molecule has 9 heteroatoms. The standard InChI is InChI=1S/C16H16N6O3/c17-16(24)9-5-18-11(4-10(9)21-12-7-25-8-14(12)23)13-6-19-15-2-1-3-20-22(13)15/h1-6,12,14,23H,7-8H2,(H2,17,24)(H,18,21). The van der Waals surface area contributed by atoms with Crippen molar-refractivity contribution in [1.29, 1.82) is 0 Å². The van der Waals surface area contributed by atoms with Crippen LogP contribution in [0.1, 0.15) is 10.4 Å². The van der Waals surface area contributed by atoms with Crippen molar-refractivity contribution in [1.82, 2.24) is 19.6 Å². The molecule has 0 aromatic carbocycles. The van der Waals surface area contributed by atoms with Gasteiger partial charge in [0, 0.05) is 12.4 Å². The summed E-state index contributed by atoms with van der Waals surface area (Å²) in [5.41, 5.74) is 8.11. The molecule has 1 saturated heterocycles. The molecular formula is C16H16N6O3. The molecule has 2 unspecified atom stereocenters. The van der Waals surface area contributed by atoms with Crippen molar-refractivity contribution >= 4 is 17.2 Å². The molecule has 0 bridgehead atoms. The van der Waals surface area contributed by atoms with Crippen LogP contribution in [-0.4, -0.2) is 56.0 Å². The van der Waals surface area contributed by atoms with E-state index in [-0.39, 0.29) is 18.2 Å². The van der Waals surface area contributed by atoms with E-state index in [0.29, 0.717) is 29.3 Å². The van der Waals surface area contributed by atoms with Crippen LogP contribution in [-0.2, 0) is 4.74 Å². The van der Waals surface area contributed by atoms with Crippen LogP contribution < -0.4 is 11.1 Å². The molecule has 25 heavy (non-hydrogen) atoms. The van der Waals surface area contributed by atoms with Crippen LogP contribution in [0.5, 0.6) is 0 Å². The van der Waals surface area contributed by atoms with E-state index in [0.717, 1.165) is 0 Å². The molecule has 4 rings (SSSR count). The summed E-state index contributed by atoms with van der Waals surface area (Å²) in [4.78, 5) is 20.3. The van der Waals surface area contributed by atoms with Crippen molar-refractivity contribution in [2.45, 2.75) is 12.1 Å². The summed E-state index contributed by atoms with van der Waals surface area (Å²) in [5.74, 6) is -0.605. The SMILES string of the molecule is NC(=O)c1cnc(-c2cnc3cccnn23)cc1NC1COCC1O. The summed E-state index contributed by atoms with van der Waals surface area (Å²) in [6.07, 6.45) is 4.06. The molecule has 3 aromatic heterocycles. The van der Waals surface area contributed by atoms with E-state index in [9.17, 15) is 9.90 Å². The zero-order valence-corrected chi connectivity index (χ0v) is 13.2. The molecule has 9 nitrogen and oxygen atoms in total. The molecule has 0 radical (unpaired) electrons. The number of fused-ring (bicyclic) bond motifs is 1. The van der Waals surface area contributed by atoms with Crippen molar-refractivity contribution in [3.8, 4) is 11.4 Å². The summed E-state index contributed by atoms with van der Waals surface area (Å²) < 4.78 is 6.89. The zero-order valence-electron chi connectivity index (χ0n) is 13.2. The molecule has 1 aliphatic rings. The normalized spacial score (nSPS) is 20.0. The Hall–Kier alpha value is -3.04. The summed E-state index contributed by atoms with van der Waals surface area (Å²) in [6, 6.07) is 5.00. The Labute approximate surface area is 142 Å².